The van der Waals surface area contributed by atoms with Crippen LogP contribution in [0.4, 0.5) is 0 Å². The molecule has 0 radical (unpaired) electrons. The number of allylic oxidation sites excluding steroid dienone is 3. The zero-order valence-corrected chi connectivity index (χ0v) is 21.9. The number of rotatable bonds is 11. The van der Waals surface area contributed by atoms with Crippen molar-refractivity contribution in [1.29, 1.82) is 0 Å². The molecule has 0 aromatic heterocycles. The summed E-state index contributed by atoms with van der Waals surface area (Å²) < 4.78 is 0. The summed E-state index contributed by atoms with van der Waals surface area (Å²) in [4.78, 5) is 89.4. The van der Waals surface area contributed by atoms with E-state index in [4.69, 9.17) is 11.0 Å². The van der Waals surface area contributed by atoms with Crippen LogP contribution in [0.2, 0.25) is 0 Å². The van der Waals surface area contributed by atoms with Crippen molar-refractivity contribution in [2.75, 3.05) is 6.54 Å². The van der Waals surface area contributed by atoms with E-state index in [0.29, 0.717) is 19.3 Å². The third kappa shape index (κ3) is 3.78. The summed E-state index contributed by atoms with van der Waals surface area (Å²) in [6, 6.07) is 5.71. The number of ketones is 2. The topological polar surface area (TPSA) is 191 Å². The molecule has 40 heavy (non-hydrogen) atoms. The van der Waals surface area contributed by atoms with E-state index in [1.807, 2.05) is 0 Å². The molecular weight excluding hydrogens is 524 g/mol. The van der Waals surface area contributed by atoms with Crippen molar-refractivity contribution < 1.29 is 49.1 Å². The molecule has 212 valence electrons. The highest BCUT2D eigenvalue weighted by Crippen LogP contribution is 2.60. The highest BCUT2D eigenvalue weighted by Gasteiger charge is 2.79. The molecule has 0 bridgehead atoms. The molecule has 2 amide bonds. The van der Waals surface area contributed by atoms with Gasteiger partial charge in [-0.05, 0) is 25.7 Å². The van der Waals surface area contributed by atoms with Crippen LogP contribution in [-0.2, 0) is 29.0 Å². The van der Waals surface area contributed by atoms with Crippen molar-refractivity contribution in [3.63, 3.8) is 0 Å². The summed E-state index contributed by atoms with van der Waals surface area (Å²) in [5, 5.41) is 18.0. The van der Waals surface area contributed by atoms with Gasteiger partial charge in [0.05, 0.1) is 5.54 Å². The number of imide groups is 1. The summed E-state index contributed by atoms with van der Waals surface area (Å²) in [6.45, 7) is 1.62. The molecule has 1 aromatic carbocycles. The van der Waals surface area contributed by atoms with E-state index >= 15 is 0 Å². The first kappa shape index (κ1) is 29.0. The molecule has 1 heterocycles. The third-order valence-electron chi connectivity index (χ3n) is 8.29. The Labute approximate surface area is 229 Å². The Morgan fingerprint density at radius 2 is 1.68 bits per heavy atom. The van der Waals surface area contributed by atoms with Crippen molar-refractivity contribution in [3.05, 3.63) is 59.2 Å². The number of carbonyl (C=O) groups is 6. The standard InChI is InChI=1S/C28H30N2O10/c1-2-14-27(29,28(25(36)40-38)21(32)17-10-5-6-11-18(17)22(28)33)26-15-8-7-12-19(26)23(34)30(24(26)35)16-9-3-4-13-20(31)39-37/h5-8,10-12,37-38H,2-4,9,13-16,29H2,1H3. The number of carbonyl (C=O) groups excluding carboxylic acids is 6. The van der Waals surface area contributed by atoms with E-state index in [1.54, 1.807) is 19.1 Å². The Bertz CT molecular complexity index is 1310. The van der Waals surface area contributed by atoms with E-state index < -0.39 is 51.7 Å². The van der Waals surface area contributed by atoms with Gasteiger partial charge < -0.3 is 10.6 Å². The fourth-order valence-electron chi connectivity index (χ4n) is 6.51. The van der Waals surface area contributed by atoms with E-state index in [0.717, 1.165) is 4.90 Å². The summed E-state index contributed by atoms with van der Waals surface area (Å²) in [5.41, 5.74) is -0.367. The van der Waals surface area contributed by atoms with Crippen LogP contribution in [0, 0.1) is 10.8 Å². The van der Waals surface area contributed by atoms with Crippen molar-refractivity contribution in [1.82, 2.24) is 4.90 Å². The molecule has 12 heteroatoms. The number of hydrogen-bond acceptors (Lipinski definition) is 11. The highest BCUT2D eigenvalue weighted by molar-refractivity contribution is 6.40. The van der Waals surface area contributed by atoms with Crippen LogP contribution < -0.4 is 5.73 Å². The fourth-order valence-corrected chi connectivity index (χ4v) is 6.51. The number of benzene rings is 1. The molecule has 1 aliphatic heterocycles. The van der Waals surface area contributed by atoms with Crippen LogP contribution in [0.5, 0.6) is 0 Å². The Morgan fingerprint density at radius 3 is 2.25 bits per heavy atom. The minimum atomic E-state index is -2.84. The van der Waals surface area contributed by atoms with Crippen LogP contribution in [0.25, 0.3) is 0 Å². The molecule has 2 atom stereocenters. The molecule has 0 spiro atoms. The maximum atomic E-state index is 14.3. The first-order valence-corrected chi connectivity index (χ1v) is 13.0. The number of amides is 2. The highest BCUT2D eigenvalue weighted by atomic mass is 17.1. The first-order valence-electron chi connectivity index (χ1n) is 13.0. The summed E-state index contributed by atoms with van der Waals surface area (Å²) in [5.74, 6) is -5.91. The van der Waals surface area contributed by atoms with E-state index in [1.165, 1.54) is 30.3 Å². The Morgan fingerprint density at radius 1 is 1.02 bits per heavy atom. The number of likely N-dealkylation sites (tertiary alicyclic amines) is 1. The number of nitrogens with two attached hydrogens (primary N) is 1. The van der Waals surface area contributed by atoms with Gasteiger partial charge >= 0.3 is 11.9 Å². The van der Waals surface area contributed by atoms with Gasteiger partial charge in [-0.2, -0.15) is 10.5 Å². The number of Topliss-reactive ketones (excluding diaryl/α,β-unsaturated/α-hetero) is 2. The number of unbranched alkanes of at least 4 members (excludes halogenated alkanes) is 2. The molecular formula is C28H30N2O10. The molecule has 12 nitrogen and oxygen atoms in total. The van der Waals surface area contributed by atoms with Crippen LogP contribution in [-0.4, -0.2) is 62.8 Å². The van der Waals surface area contributed by atoms with E-state index in [9.17, 15) is 34.0 Å². The van der Waals surface area contributed by atoms with Crippen molar-refractivity contribution >= 4 is 35.3 Å². The quantitative estimate of drug-likeness (QED) is 0.120. The van der Waals surface area contributed by atoms with Gasteiger partial charge in [0.2, 0.25) is 11.3 Å². The second-order valence-electron chi connectivity index (χ2n) is 10.2. The summed E-state index contributed by atoms with van der Waals surface area (Å²) in [7, 11) is 0. The van der Waals surface area contributed by atoms with Gasteiger partial charge in [0.15, 0.2) is 11.6 Å². The van der Waals surface area contributed by atoms with Gasteiger partial charge in [-0.3, -0.25) is 29.0 Å². The summed E-state index contributed by atoms with van der Waals surface area (Å²) >= 11 is 0. The average molecular weight is 555 g/mol. The second-order valence-corrected chi connectivity index (χ2v) is 10.2. The largest absolute Gasteiger partial charge is 0.365 e. The molecule has 4 N–H and O–H groups in total. The minimum absolute atomic E-state index is 0.0591. The third-order valence-corrected chi connectivity index (χ3v) is 8.29. The van der Waals surface area contributed by atoms with Crippen LogP contribution in [0.15, 0.2) is 48.1 Å². The van der Waals surface area contributed by atoms with Gasteiger partial charge in [-0.15, -0.1) is 0 Å². The molecule has 2 unspecified atom stereocenters. The normalized spacial score (nSPS) is 22.5. The Balaban J connectivity index is 1.84. The lowest BCUT2D eigenvalue weighted by Gasteiger charge is -2.51. The van der Waals surface area contributed by atoms with Gasteiger partial charge in [0.1, 0.15) is 5.41 Å². The predicted octanol–water partition coefficient (Wildman–Crippen LogP) is 2.38. The molecule has 1 aromatic rings. The van der Waals surface area contributed by atoms with E-state index in [2.05, 4.69) is 9.78 Å². The van der Waals surface area contributed by atoms with Crippen LogP contribution >= 0.6 is 0 Å². The smallest absolute Gasteiger partial charge is 0.322 e. The first-order chi connectivity index (χ1) is 19.1. The predicted molar refractivity (Wildman–Crippen MR) is 136 cm³/mol. The SMILES string of the molecule is CCCC(N)(C12CC=CC=C1C(=O)N(CCCCCC(=O)OO)C2=O)C1(C(=O)OO)C(=O)c2ccccc2C1=O. The molecule has 1 saturated heterocycles. The molecule has 3 aliphatic rings. The van der Waals surface area contributed by atoms with Crippen molar-refractivity contribution in [3.8, 4) is 0 Å². The fraction of sp³-hybridized carbons (Fsp3) is 0.429. The molecule has 4 rings (SSSR count). The zero-order valence-electron chi connectivity index (χ0n) is 21.9. The Hall–Kier alpha value is -4.00. The van der Waals surface area contributed by atoms with Gasteiger partial charge in [-0.1, -0.05) is 62.3 Å². The van der Waals surface area contributed by atoms with Gasteiger partial charge in [-0.25, -0.2) is 9.59 Å². The Kier molecular flexibility index (Phi) is 7.88. The lowest BCUT2D eigenvalue weighted by Crippen LogP contribution is -2.74. The van der Waals surface area contributed by atoms with Crippen molar-refractivity contribution in [2.24, 2.45) is 16.6 Å². The number of fused-ring (bicyclic) bond motifs is 2. The minimum Gasteiger partial charge on any atom is -0.322 e. The maximum Gasteiger partial charge on any atom is 0.365 e. The molecule has 2 aliphatic carbocycles. The molecule has 0 saturated carbocycles. The van der Waals surface area contributed by atoms with Crippen molar-refractivity contribution in [2.45, 2.75) is 57.4 Å². The van der Waals surface area contributed by atoms with E-state index in [-0.39, 0.29) is 48.9 Å². The van der Waals surface area contributed by atoms with Gasteiger partial charge in [0, 0.05) is 29.7 Å². The average Bonchev–Trinajstić information content (AvgIpc) is 3.33. The lowest BCUT2D eigenvalue weighted by molar-refractivity contribution is -0.244. The number of nitrogens with zero attached hydrogens (tertiary/aromatic N) is 1. The summed E-state index contributed by atoms with van der Waals surface area (Å²) in [6.07, 6.45) is 5.29. The van der Waals surface area contributed by atoms with Gasteiger partial charge in [0.25, 0.3) is 5.91 Å². The second kappa shape index (κ2) is 10.9. The lowest BCUT2D eigenvalue weighted by atomic mass is 9.49. The molecule has 1 fully saturated rings. The number of hydrogen-bond donors (Lipinski definition) is 3. The monoisotopic (exact) mass is 554 g/mol. The zero-order chi connectivity index (χ0) is 29.3. The van der Waals surface area contributed by atoms with Crippen LogP contribution in [0.3, 0.4) is 0 Å². The van der Waals surface area contributed by atoms with Crippen LogP contribution in [0.1, 0.15) is 72.6 Å². The maximum absolute atomic E-state index is 14.3.